The molecule has 1 amide bonds. The van der Waals surface area contributed by atoms with E-state index in [1.807, 2.05) is 0 Å². The molecule has 0 aliphatic carbocycles. The van der Waals surface area contributed by atoms with E-state index in [1.54, 1.807) is 0 Å². The first-order valence-corrected chi connectivity index (χ1v) is 5.36. The Morgan fingerprint density at radius 3 is 2.47 bits per heavy atom. The standard InChI is InChI=1S/C11H14F3N3O2/c12-11(13,14)6-17(3-4-18)9-2-1-7(15)5-8(9)10(16)19/h1-2,5,18H,3-4,6,15H2,(H2,16,19). The lowest BCUT2D eigenvalue weighted by molar-refractivity contribution is -0.119. The van der Waals surface area contributed by atoms with Gasteiger partial charge in [0.15, 0.2) is 0 Å². The zero-order valence-electron chi connectivity index (χ0n) is 9.94. The fourth-order valence-electron chi connectivity index (χ4n) is 1.65. The second-order valence-electron chi connectivity index (χ2n) is 3.90. The minimum Gasteiger partial charge on any atom is -0.399 e. The second-order valence-corrected chi connectivity index (χ2v) is 3.90. The van der Waals surface area contributed by atoms with Gasteiger partial charge in [0.25, 0.3) is 5.91 Å². The molecule has 0 spiro atoms. The lowest BCUT2D eigenvalue weighted by atomic mass is 10.1. The first-order chi connectivity index (χ1) is 8.74. The number of carbonyl (C=O) groups is 1. The quantitative estimate of drug-likeness (QED) is 0.692. The lowest BCUT2D eigenvalue weighted by Gasteiger charge is -2.26. The molecule has 0 heterocycles. The number of nitrogens with two attached hydrogens (primary N) is 2. The Morgan fingerprint density at radius 1 is 1.37 bits per heavy atom. The highest BCUT2D eigenvalue weighted by molar-refractivity contribution is 5.99. The van der Waals surface area contributed by atoms with Gasteiger partial charge in [0.05, 0.1) is 17.9 Å². The van der Waals surface area contributed by atoms with Crippen LogP contribution in [-0.2, 0) is 0 Å². The van der Waals surface area contributed by atoms with Gasteiger partial charge in [-0.3, -0.25) is 4.79 Å². The summed E-state index contributed by atoms with van der Waals surface area (Å²) in [4.78, 5) is 12.1. The predicted molar refractivity (Wildman–Crippen MR) is 64.7 cm³/mol. The molecule has 0 radical (unpaired) electrons. The Labute approximate surface area is 107 Å². The molecule has 5 N–H and O–H groups in total. The van der Waals surface area contributed by atoms with Gasteiger partial charge >= 0.3 is 6.18 Å². The Hall–Kier alpha value is -1.96. The predicted octanol–water partition coefficient (Wildman–Crippen LogP) is 0.729. The van der Waals surface area contributed by atoms with Crippen LogP contribution in [0, 0.1) is 0 Å². The van der Waals surface area contributed by atoms with E-state index in [0.717, 1.165) is 4.90 Å². The molecule has 106 valence electrons. The first kappa shape index (κ1) is 15.1. The van der Waals surface area contributed by atoms with Crippen molar-refractivity contribution < 1.29 is 23.1 Å². The fraction of sp³-hybridized carbons (Fsp3) is 0.364. The van der Waals surface area contributed by atoms with Crippen molar-refractivity contribution in [2.75, 3.05) is 30.3 Å². The third kappa shape index (κ3) is 4.32. The number of benzene rings is 1. The number of anilines is 2. The number of amides is 1. The van der Waals surface area contributed by atoms with Crippen LogP contribution in [0.5, 0.6) is 0 Å². The van der Waals surface area contributed by atoms with E-state index in [4.69, 9.17) is 16.6 Å². The van der Waals surface area contributed by atoms with Crippen LogP contribution in [0.3, 0.4) is 0 Å². The van der Waals surface area contributed by atoms with E-state index < -0.39 is 25.2 Å². The molecular weight excluding hydrogens is 263 g/mol. The molecule has 0 bridgehead atoms. The number of hydrogen-bond acceptors (Lipinski definition) is 4. The number of nitrogen functional groups attached to an aromatic ring is 1. The Kier molecular flexibility index (Phi) is 4.60. The minimum atomic E-state index is -4.47. The summed E-state index contributed by atoms with van der Waals surface area (Å²) in [6, 6.07) is 3.85. The third-order valence-corrected chi connectivity index (χ3v) is 2.37. The normalized spacial score (nSPS) is 11.4. The third-order valence-electron chi connectivity index (χ3n) is 2.37. The molecule has 1 rings (SSSR count). The summed E-state index contributed by atoms with van der Waals surface area (Å²) >= 11 is 0. The monoisotopic (exact) mass is 277 g/mol. The van der Waals surface area contributed by atoms with Crippen LogP contribution in [0.2, 0.25) is 0 Å². The maximum absolute atomic E-state index is 12.5. The van der Waals surface area contributed by atoms with Gasteiger partial charge in [0.2, 0.25) is 0 Å². The van der Waals surface area contributed by atoms with Crippen molar-refractivity contribution in [2.45, 2.75) is 6.18 Å². The van der Waals surface area contributed by atoms with E-state index in [2.05, 4.69) is 0 Å². The molecule has 0 fully saturated rings. The second kappa shape index (κ2) is 5.79. The van der Waals surface area contributed by atoms with Crippen LogP contribution in [0.15, 0.2) is 18.2 Å². The van der Waals surface area contributed by atoms with E-state index in [9.17, 15) is 18.0 Å². The Bertz CT molecular complexity index is 463. The van der Waals surface area contributed by atoms with E-state index >= 15 is 0 Å². The van der Waals surface area contributed by atoms with Crippen molar-refractivity contribution in [3.63, 3.8) is 0 Å². The molecule has 0 aromatic heterocycles. The Balaban J connectivity index is 3.18. The molecule has 8 heteroatoms. The van der Waals surface area contributed by atoms with Crippen molar-refractivity contribution in [1.29, 1.82) is 0 Å². The van der Waals surface area contributed by atoms with E-state index in [0.29, 0.717) is 0 Å². The Morgan fingerprint density at radius 2 is 2.00 bits per heavy atom. The number of hydrogen-bond donors (Lipinski definition) is 3. The molecule has 5 nitrogen and oxygen atoms in total. The molecule has 0 aliphatic rings. The lowest BCUT2D eigenvalue weighted by Crippen LogP contribution is -2.37. The SMILES string of the molecule is NC(=O)c1cc(N)ccc1N(CCO)CC(F)(F)F. The van der Waals surface area contributed by atoms with Crippen LogP contribution in [0.1, 0.15) is 10.4 Å². The van der Waals surface area contributed by atoms with Gasteiger partial charge in [0, 0.05) is 12.2 Å². The fourth-order valence-corrected chi connectivity index (χ4v) is 1.65. The zero-order valence-corrected chi connectivity index (χ0v) is 9.94. The number of rotatable bonds is 5. The summed E-state index contributed by atoms with van der Waals surface area (Å²) in [5.41, 5.74) is 10.7. The summed E-state index contributed by atoms with van der Waals surface area (Å²) in [7, 11) is 0. The van der Waals surface area contributed by atoms with E-state index in [-0.39, 0.29) is 23.5 Å². The molecule has 19 heavy (non-hydrogen) atoms. The van der Waals surface area contributed by atoms with Crippen molar-refractivity contribution in [2.24, 2.45) is 5.73 Å². The average molecular weight is 277 g/mol. The molecule has 0 unspecified atom stereocenters. The summed E-state index contributed by atoms with van der Waals surface area (Å²) in [6.07, 6.45) is -4.47. The maximum atomic E-state index is 12.5. The van der Waals surface area contributed by atoms with Crippen LogP contribution in [0.4, 0.5) is 24.5 Å². The van der Waals surface area contributed by atoms with Crippen LogP contribution in [-0.4, -0.2) is 36.9 Å². The van der Waals surface area contributed by atoms with Gasteiger partial charge in [-0.2, -0.15) is 13.2 Å². The van der Waals surface area contributed by atoms with Gasteiger partial charge < -0.3 is 21.5 Å². The van der Waals surface area contributed by atoms with Crippen molar-refractivity contribution in [3.8, 4) is 0 Å². The maximum Gasteiger partial charge on any atom is 0.405 e. The highest BCUT2D eigenvalue weighted by Crippen LogP contribution is 2.26. The summed E-state index contributed by atoms with van der Waals surface area (Å²) in [6.45, 7) is -2.06. The van der Waals surface area contributed by atoms with Crippen molar-refractivity contribution in [3.05, 3.63) is 23.8 Å². The summed E-state index contributed by atoms with van der Waals surface area (Å²) in [5, 5.41) is 8.83. The highest BCUT2D eigenvalue weighted by atomic mass is 19.4. The van der Waals surface area contributed by atoms with Crippen molar-refractivity contribution >= 4 is 17.3 Å². The highest BCUT2D eigenvalue weighted by Gasteiger charge is 2.31. The molecule has 0 saturated heterocycles. The minimum absolute atomic E-state index is 0.00641. The number of nitrogens with zero attached hydrogens (tertiary/aromatic N) is 1. The van der Waals surface area contributed by atoms with Gasteiger partial charge in [-0.1, -0.05) is 0 Å². The topological polar surface area (TPSA) is 92.6 Å². The van der Waals surface area contributed by atoms with Crippen LogP contribution in [0.25, 0.3) is 0 Å². The summed E-state index contributed by atoms with van der Waals surface area (Å²) < 4.78 is 37.4. The zero-order chi connectivity index (χ0) is 14.6. The van der Waals surface area contributed by atoms with Gasteiger partial charge in [0.1, 0.15) is 6.54 Å². The molecule has 0 atom stereocenters. The molecule has 1 aromatic carbocycles. The molecule has 0 saturated carbocycles. The average Bonchev–Trinajstić information content (AvgIpc) is 2.26. The summed E-state index contributed by atoms with van der Waals surface area (Å²) in [5.74, 6) is -0.882. The number of primary amides is 1. The molecule has 1 aromatic rings. The molecule has 0 aliphatic heterocycles. The number of halogens is 3. The number of aliphatic hydroxyl groups excluding tert-OH is 1. The largest absolute Gasteiger partial charge is 0.405 e. The molecular formula is C11H14F3N3O2. The number of aliphatic hydroxyl groups is 1. The number of alkyl halides is 3. The number of carbonyl (C=O) groups excluding carboxylic acids is 1. The van der Waals surface area contributed by atoms with Gasteiger partial charge in [-0.15, -0.1) is 0 Å². The van der Waals surface area contributed by atoms with E-state index in [1.165, 1.54) is 18.2 Å². The van der Waals surface area contributed by atoms with Crippen LogP contribution >= 0.6 is 0 Å². The van der Waals surface area contributed by atoms with Gasteiger partial charge in [-0.05, 0) is 18.2 Å². The van der Waals surface area contributed by atoms with Gasteiger partial charge in [-0.25, -0.2) is 0 Å². The van der Waals surface area contributed by atoms with Crippen LogP contribution < -0.4 is 16.4 Å². The first-order valence-electron chi connectivity index (χ1n) is 5.36. The van der Waals surface area contributed by atoms with Crippen molar-refractivity contribution in [1.82, 2.24) is 0 Å². The smallest absolute Gasteiger partial charge is 0.399 e.